The van der Waals surface area contributed by atoms with Gasteiger partial charge in [0.1, 0.15) is 6.04 Å². The molecular formula is C28H30BrClN2O2. The molecular weight excluding hydrogens is 512 g/mol. The fraction of sp³-hybridized carbons (Fsp3) is 0.286. The Hall–Kier alpha value is -2.63. The molecule has 0 saturated heterocycles. The lowest BCUT2D eigenvalue weighted by atomic mass is 10.0. The predicted molar refractivity (Wildman–Crippen MR) is 142 cm³/mol. The number of benzene rings is 3. The number of carbonyl (C=O) groups is 2. The molecule has 4 nitrogen and oxygen atoms in total. The highest BCUT2D eigenvalue weighted by atomic mass is 79.9. The zero-order valence-corrected chi connectivity index (χ0v) is 21.9. The summed E-state index contributed by atoms with van der Waals surface area (Å²) in [5.41, 5.74) is 2.68. The Balaban J connectivity index is 1.97. The molecule has 0 unspecified atom stereocenters. The maximum atomic E-state index is 13.7. The molecule has 0 radical (unpaired) electrons. The SMILES string of the molecule is CC(C)CNC(=O)[C@H](Cc1ccccc1)N(Cc1cccc(Br)c1)C(=O)Cc1ccccc1Cl. The number of rotatable bonds is 10. The first-order chi connectivity index (χ1) is 16.3. The van der Waals surface area contributed by atoms with Crippen molar-refractivity contribution in [3.05, 3.63) is 105 Å². The Bertz CT molecular complexity index is 1100. The van der Waals surface area contributed by atoms with Crippen LogP contribution in [0.1, 0.15) is 30.5 Å². The van der Waals surface area contributed by atoms with Gasteiger partial charge < -0.3 is 10.2 Å². The second-order valence-electron chi connectivity index (χ2n) is 8.76. The van der Waals surface area contributed by atoms with E-state index in [9.17, 15) is 9.59 Å². The second-order valence-corrected chi connectivity index (χ2v) is 10.1. The van der Waals surface area contributed by atoms with E-state index < -0.39 is 6.04 Å². The molecule has 6 heteroatoms. The van der Waals surface area contributed by atoms with Crippen LogP contribution in [-0.2, 0) is 29.0 Å². The largest absolute Gasteiger partial charge is 0.354 e. The summed E-state index contributed by atoms with van der Waals surface area (Å²) >= 11 is 9.87. The lowest BCUT2D eigenvalue weighted by molar-refractivity contribution is -0.140. The molecule has 178 valence electrons. The van der Waals surface area contributed by atoms with Crippen LogP contribution in [0.5, 0.6) is 0 Å². The van der Waals surface area contributed by atoms with Crippen LogP contribution in [0, 0.1) is 5.92 Å². The van der Waals surface area contributed by atoms with Gasteiger partial charge >= 0.3 is 0 Å². The van der Waals surface area contributed by atoms with Crippen LogP contribution in [-0.4, -0.2) is 29.3 Å². The minimum absolute atomic E-state index is 0.121. The van der Waals surface area contributed by atoms with Crippen molar-refractivity contribution in [1.82, 2.24) is 10.2 Å². The van der Waals surface area contributed by atoms with Crippen molar-refractivity contribution in [2.24, 2.45) is 5.92 Å². The molecule has 2 amide bonds. The molecule has 1 N–H and O–H groups in total. The Morgan fingerprint density at radius 2 is 1.62 bits per heavy atom. The van der Waals surface area contributed by atoms with Crippen molar-refractivity contribution < 1.29 is 9.59 Å². The Kier molecular flexibility index (Phi) is 9.73. The highest BCUT2D eigenvalue weighted by molar-refractivity contribution is 9.10. The van der Waals surface area contributed by atoms with Gasteiger partial charge in [-0.25, -0.2) is 0 Å². The third-order valence-corrected chi connectivity index (χ3v) is 6.36. The van der Waals surface area contributed by atoms with Gasteiger partial charge in [0, 0.05) is 29.0 Å². The lowest BCUT2D eigenvalue weighted by Crippen LogP contribution is -2.51. The van der Waals surface area contributed by atoms with Crippen molar-refractivity contribution in [3.63, 3.8) is 0 Å². The van der Waals surface area contributed by atoms with E-state index in [1.165, 1.54) is 0 Å². The van der Waals surface area contributed by atoms with Gasteiger partial charge in [-0.15, -0.1) is 0 Å². The van der Waals surface area contributed by atoms with Gasteiger partial charge in [-0.05, 0) is 40.8 Å². The van der Waals surface area contributed by atoms with Crippen molar-refractivity contribution >= 4 is 39.3 Å². The summed E-state index contributed by atoms with van der Waals surface area (Å²) in [6.07, 6.45) is 0.545. The molecule has 3 aromatic rings. The molecule has 3 aromatic carbocycles. The Labute approximate surface area is 215 Å². The average molecular weight is 542 g/mol. The van der Waals surface area contributed by atoms with E-state index in [-0.39, 0.29) is 18.2 Å². The normalized spacial score (nSPS) is 11.8. The number of hydrogen-bond donors (Lipinski definition) is 1. The van der Waals surface area contributed by atoms with Gasteiger partial charge in [0.2, 0.25) is 11.8 Å². The molecule has 3 rings (SSSR count). The van der Waals surface area contributed by atoms with E-state index in [4.69, 9.17) is 11.6 Å². The minimum atomic E-state index is -0.657. The summed E-state index contributed by atoms with van der Waals surface area (Å²) in [5.74, 6) is 0.00689. The van der Waals surface area contributed by atoms with Crippen LogP contribution in [0.25, 0.3) is 0 Å². The summed E-state index contributed by atoms with van der Waals surface area (Å²) in [7, 11) is 0. The number of amides is 2. The van der Waals surface area contributed by atoms with Crippen LogP contribution in [0.4, 0.5) is 0 Å². The van der Waals surface area contributed by atoms with Gasteiger partial charge in [0.25, 0.3) is 0 Å². The summed E-state index contributed by atoms with van der Waals surface area (Å²) in [6, 6.07) is 24.3. The van der Waals surface area contributed by atoms with Crippen LogP contribution >= 0.6 is 27.5 Å². The van der Waals surface area contributed by atoms with E-state index >= 15 is 0 Å². The van der Waals surface area contributed by atoms with E-state index in [0.717, 1.165) is 21.2 Å². The molecule has 0 aliphatic heterocycles. The van der Waals surface area contributed by atoms with Gasteiger partial charge in [0.05, 0.1) is 6.42 Å². The summed E-state index contributed by atoms with van der Waals surface area (Å²) in [4.78, 5) is 28.8. The Morgan fingerprint density at radius 1 is 0.941 bits per heavy atom. The highest BCUT2D eigenvalue weighted by Gasteiger charge is 2.30. The van der Waals surface area contributed by atoms with Crippen LogP contribution in [0.15, 0.2) is 83.3 Å². The first-order valence-electron chi connectivity index (χ1n) is 11.4. The molecule has 0 aliphatic rings. The Morgan fingerprint density at radius 3 is 2.29 bits per heavy atom. The smallest absolute Gasteiger partial charge is 0.243 e. The summed E-state index contributed by atoms with van der Waals surface area (Å²) in [6.45, 7) is 4.96. The van der Waals surface area contributed by atoms with E-state index in [2.05, 4.69) is 21.2 Å². The molecule has 0 spiro atoms. The minimum Gasteiger partial charge on any atom is -0.354 e. The molecule has 0 fully saturated rings. The molecule has 0 bridgehead atoms. The zero-order valence-electron chi connectivity index (χ0n) is 19.5. The molecule has 0 aromatic heterocycles. The highest BCUT2D eigenvalue weighted by Crippen LogP contribution is 2.21. The molecule has 34 heavy (non-hydrogen) atoms. The quantitative estimate of drug-likeness (QED) is 0.339. The van der Waals surface area contributed by atoms with E-state index in [1.807, 2.05) is 86.6 Å². The summed E-state index contributed by atoms with van der Waals surface area (Å²) < 4.78 is 0.923. The van der Waals surface area contributed by atoms with Gasteiger partial charge in [-0.1, -0.05) is 102 Å². The molecule has 1 atom stereocenters. The standard InChI is InChI=1S/C28H30BrClN2O2/c1-20(2)18-31-28(34)26(16-21-9-4-3-5-10-21)32(19-22-11-8-13-24(29)15-22)27(33)17-23-12-6-7-14-25(23)30/h3-15,20,26H,16-19H2,1-2H3,(H,31,34)/t26-/m0/s1. The van der Waals surface area contributed by atoms with Crippen molar-refractivity contribution in [2.75, 3.05) is 6.54 Å². The topological polar surface area (TPSA) is 49.4 Å². The average Bonchev–Trinajstić information content (AvgIpc) is 2.82. The van der Waals surface area contributed by atoms with Gasteiger partial charge in [-0.2, -0.15) is 0 Å². The van der Waals surface area contributed by atoms with Crippen LogP contribution in [0.3, 0.4) is 0 Å². The lowest BCUT2D eigenvalue weighted by Gasteiger charge is -2.32. The first-order valence-corrected chi connectivity index (χ1v) is 12.6. The van der Waals surface area contributed by atoms with Gasteiger partial charge in [-0.3, -0.25) is 9.59 Å². The predicted octanol–water partition coefficient (Wildman–Crippen LogP) is 6.06. The van der Waals surface area contributed by atoms with Gasteiger partial charge in [0.15, 0.2) is 0 Å². The third-order valence-electron chi connectivity index (χ3n) is 5.50. The third kappa shape index (κ3) is 7.71. The first kappa shape index (κ1) is 26.0. The summed E-state index contributed by atoms with van der Waals surface area (Å²) in [5, 5.41) is 3.59. The zero-order chi connectivity index (χ0) is 24.5. The maximum Gasteiger partial charge on any atom is 0.243 e. The van der Waals surface area contributed by atoms with Crippen molar-refractivity contribution in [3.8, 4) is 0 Å². The number of nitrogens with zero attached hydrogens (tertiary/aromatic N) is 1. The van der Waals surface area contributed by atoms with Crippen LogP contribution in [0.2, 0.25) is 5.02 Å². The fourth-order valence-electron chi connectivity index (χ4n) is 3.71. The monoisotopic (exact) mass is 540 g/mol. The fourth-order valence-corrected chi connectivity index (χ4v) is 4.36. The van der Waals surface area contributed by atoms with Crippen molar-refractivity contribution in [2.45, 2.75) is 39.3 Å². The number of halogens is 2. The molecule has 0 aliphatic carbocycles. The molecule has 0 saturated carbocycles. The molecule has 0 heterocycles. The number of hydrogen-bond acceptors (Lipinski definition) is 2. The van der Waals surface area contributed by atoms with Crippen molar-refractivity contribution in [1.29, 1.82) is 0 Å². The maximum absolute atomic E-state index is 13.7. The van der Waals surface area contributed by atoms with E-state index in [1.54, 1.807) is 11.0 Å². The van der Waals surface area contributed by atoms with Crippen LogP contribution < -0.4 is 5.32 Å². The number of nitrogens with one attached hydrogen (secondary N) is 1. The van der Waals surface area contributed by atoms with E-state index in [0.29, 0.717) is 30.5 Å². The second kappa shape index (κ2) is 12.7. The number of carbonyl (C=O) groups excluding carboxylic acids is 2.